The van der Waals surface area contributed by atoms with E-state index in [0.717, 1.165) is 19.2 Å². The summed E-state index contributed by atoms with van der Waals surface area (Å²) < 4.78 is 61.8. The smallest absolute Gasteiger partial charge is 0.416 e. The van der Waals surface area contributed by atoms with Crippen LogP contribution in [-0.4, -0.2) is 61.3 Å². The molecule has 16 heteroatoms. The number of urea groups is 1. The lowest BCUT2D eigenvalue weighted by atomic mass is 10.2. The number of carbonyl (C=O) groups excluding carboxylic acids is 2. The van der Waals surface area contributed by atoms with Gasteiger partial charge in [-0.25, -0.2) is 14.7 Å². The van der Waals surface area contributed by atoms with Gasteiger partial charge >= 0.3 is 12.2 Å². The molecule has 1 aliphatic heterocycles. The summed E-state index contributed by atoms with van der Waals surface area (Å²) in [4.78, 5) is 31.7. The zero-order chi connectivity index (χ0) is 27.9. The Morgan fingerprint density at radius 1 is 1.03 bits per heavy atom. The van der Waals surface area contributed by atoms with Crippen LogP contribution < -0.4 is 10.2 Å². The molecule has 3 rings (SSSR count). The molecule has 0 aromatic heterocycles. The summed E-state index contributed by atoms with van der Waals surface area (Å²) in [6, 6.07) is 7.09. The third-order valence-corrected chi connectivity index (χ3v) is 7.56. The summed E-state index contributed by atoms with van der Waals surface area (Å²) in [5, 5.41) is 2.76. The maximum Gasteiger partial charge on any atom is 0.416 e. The van der Waals surface area contributed by atoms with Gasteiger partial charge in [0.15, 0.2) is 16.0 Å². The molecule has 200 valence electrons. The number of carbonyl (C=O) groups is 2. The van der Waals surface area contributed by atoms with E-state index in [1.54, 1.807) is 0 Å². The van der Waals surface area contributed by atoms with Gasteiger partial charge in [-0.2, -0.15) is 13.2 Å². The molecule has 37 heavy (non-hydrogen) atoms. The Morgan fingerprint density at radius 2 is 1.68 bits per heavy atom. The van der Waals surface area contributed by atoms with E-state index >= 15 is 0 Å². The quantitative estimate of drug-likeness (QED) is 0.285. The van der Waals surface area contributed by atoms with Crippen molar-refractivity contribution in [1.29, 1.82) is 0 Å². The third kappa shape index (κ3) is 6.59. The van der Waals surface area contributed by atoms with Crippen molar-refractivity contribution in [3.8, 4) is 0 Å². The number of anilines is 2. The second-order valence-electron chi connectivity index (χ2n) is 7.64. The van der Waals surface area contributed by atoms with Crippen LogP contribution in [0.5, 0.6) is 0 Å². The number of benzene rings is 2. The van der Waals surface area contributed by atoms with Crippen LogP contribution in [0.4, 0.5) is 29.3 Å². The van der Waals surface area contributed by atoms with E-state index in [9.17, 15) is 31.9 Å². The minimum atomic E-state index is -4.71. The molecule has 0 radical (unpaired) electrons. The number of alkyl halides is 6. The van der Waals surface area contributed by atoms with Gasteiger partial charge in [-0.1, -0.05) is 40.9 Å². The van der Waals surface area contributed by atoms with Crippen LogP contribution in [0.1, 0.15) is 5.56 Å². The van der Waals surface area contributed by atoms with E-state index in [2.05, 4.69) is 10.3 Å². The second kappa shape index (κ2) is 11.1. The van der Waals surface area contributed by atoms with Crippen LogP contribution in [0.3, 0.4) is 0 Å². The Hall–Kier alpha value is -1.87. The summed E-state index contributed by atoms with van der Waals surface area (Å²) in [6.45, 7) is 0. The van der Waals surface area contributed by atoms with Crippen molar-refractivity contribution in [2.24, 2.45) is 4.99 Å². The minimum absolute atomic E-state index is 0.159. The Balaban J connectivity index is 2.11. The first-order valence-corrected chi connectivity index (χ1v) is 14.3. The van der Waals surface area contributed by atoms with Crippen molar-refractivity contribution in [2.45, 2.75) is 25.9 Å². The first kappa shape index (κ1) is 29.7. The van der Waals surface area contributed by atoms with E-state index in [-0.39, 0.29) is 16.3 Å². The molecular weight excluding hydrogens is 600 g/mol. The summed E-state index contributed by atoms with van der Waals surface area (Å²) in [5.41, 5.74) is -1.19. The van der Waals surface area contributed by atoms with Crippen molar-refractivity contribution in [3.05, 3.63) is 48.0 Å². The fourth-order valence-corrected chi connectivity index (χ4v) is 4.89. The lowest BCUT2D eigenvalue weighted by Crippen LogP contribution is -2.38. The SMILES string of the molecule is CN1C(=O)C(=NC(Nc2ccc([S+](C)[O-])cc2[S+](C)[O-])C(Cl)(Cl)Cl)N(c2cccc(C(F)(F)F)c2)C1=O. The molecule has 8 nitrogen and oxygen atoms in total. The van der Waals surface area contributed by atoms with Crippen LogP contribution in [0.25, 0.3) is 0 Å². The number of hydrogen-bond acceptors (Lipinski definition) is 6. The molecule has 2 aromatic carbocycles. The summed E-state index contributed by atoms with van der Waals surface area (Å²) in [5.74, 6) is -1.57. The molecule has 0 spiro atoms. The summed E-state index contributed by atoms with van der Waals surface area (Å²) >= 11 is 15.3. The van der Waals surface area contributed by atoms with E-state index in [1.807, 2.05) is 0 Å². The molecule has 3 unspecified atom stereocenters. The number of rotatable bonds is 6. The molecular formula is C21H18Cl3F3N4O4S2. The average Bonchev–Trinajstić information content (AvgIpc) is 3.00. The molecule has 0 bridgehead atoms. The van der Waals surface area contributed by atoms with Crippen LogP contribution in [0, 0.1) is 0 Å². The largest absolute Gasteiger partial charge is 0.612 e. The third-order valence-electron chi connectivity index (χ3n) is 5.07. The first-order valence-electron chi connectivity index (χ1n) is 10.0. The topological polar surface area (TPSA) is 111 Å². The van der Waals surface area contributed by atoms with Gasteiger partial charge in [-0.3, -0.25) is 9.69 Å². The van der Waals surface area contributed by atoms with Crippen molar-refractivity contribution < 1.29 is 31.9 Å². The van der Waals surface area contributed by atoms with E-state index < -0.39 is 61.8 Å². The first-order chi connectivity index (χ1) is 17.0. The highest BCUT2D eigenvalue weighted by Gasteiger charge is 2.44. The molecule has 1 fully saturated rings. The molecule has 0 aliphatic carbocycles. The number of amides is 3. The summed E-state index contributed by atoms with van der Waals surface area (Å²) in [7, 11) is 1.12. The number of likely N-dealkylation sites (N-methyl/N-ethyl adjacent to an activating group) is 1. The Morgan fingerprint density at radius 3 is 2.22 bits per heavy atom. The molecule has 1 heterocycles. The monoisotopic (exact) mass is 616 g/mol. The maximum atomic E-state index is 13.3. The van der Waals surface area contributed by atoms with Crippen molar-refractivity contribution >= 4 is 86.3 Å². The van der Waals surface area contributed by atoms with Gasteiger partial charge in [-0.05, 0) is 52.7 Å². The van der Waals surface area contributed by atoms with Gasteiger partial charge < -0.3 is 14.4 Å². The van der Waals surface area contributed by atoms with Gasteiger partial charge in [0.2, 0.25) is 9.63 Å². The Bertz CT molecular complexity index is 1240. The zero-order valence-electron chi connectivity index (χ0n) is 19.2. The highest BCUT2D eigenvalue weighted by Crippen LogP contribution is 2.37. The number of nitrogens with one attached hydrogen (secondary N) is 1. The molecule has 1 saturated heterocycles. The van der Waals surface area contributed by atoms with Crippen LogP contribution in [0.15, 0.2) is 57.2 Å². The number of imide groups is 1. The van der Waals surface area contributed by atoms with Crippen LogP contribution in [-0.2, 0) is 33.3 Å². The van der Waals surface area contributed by atoms with E-state index in [0.29, 0.717) is 20.8 Å². The number of hydrogen-bond donors (Lipinski definition) is 1. The molecule has 1 aliphatic rings. The van der Waals surface area contributed by atoms with Gasteiger partial charge in [0.25, 0.3) is 5.91 Å². The van der Waals surface area contributed by atoms with Gasteiger partial charge in [0, 0.05) is 7.05 Å². The predicted octanol–water partition coefficient (Wildman–Crippen LogP) is 4.79. The Kier molecular flexibility index (Phi) is 8.89. The number of aliphatic imine (C=N–C) groups is 1. The molecule has 1 N–H and O–H groups in total. The highest BCUT2D eigenvalue weighted by atomic mass is 35.6. The predicted molar refractivity (Wildman–Crippen MR) is 138 cm³/mol. The molecule has 0 saturated carbocycles. The van der Waals surface area contributed by atoms with E-state index in [1.165, 1.54) is 36.8 Å². The van der Waals surface area contributed by atoms with Crippen LogP contribution in [0.2, 0.25) is 0 Å². The second-order valence-corrected chi connectivity index (χ2v) is 12.7. The lowest BCUT2D eigenvalue weighted by molar-refractivity contribution is -0.137. The van der Waals surface area contributed by atoms with Gasteiger partial charge in [0.05, 0.1) is 23.0 Å². The van der Waals surface area contributed by atoms with Crippen molar-refractivity contribution in [3.63, 3.8) is 0 Å². The van der Waals surface area contributed by atoms with Crippen molar-refractivity contribution in [2.75, 3.05) is 29.8 Å². The van der Waals surface area contributed by atoms with E-state index in [4.69, 9.17) is 34.8 Å². The fraction of sp³-hybridized carbons (Fsp3) is 0.286. The standard InChI is InChI=1S/C21H18Cl3F3N4O4S2/c1-30-17(32)16(31(19(30)33)12-6-4-5-11(9-12)21(25,26)27)29-18(20(22,23)24)28-14-8-7-13(36(2)34)10-15(14)37(3)35/h4-10,18,28H,1-3H3. The highest BCUT2D eigenvalue weighted by molar-refractivity contribution is 7.91. The summed E-state index contributed by atoms with van der Waals surface area (Å²) in [6.07, 6.45) is -3.50. The molecule has 3 atom stereocenters. The fourth-order valence-electron chi connectivity index (χ4n) is 3.24. The minimum Gasteiger partial charge on any atom is -0.612 e. The normalized spacial score (nSPS) is 18.4. The van der Waals surface area contributed by atoms with Crippen LogP contribution >= 0.6 is 34.8 Å². The lowest BCUT2D eigenvalue weighted by Gasteiger charge is -2.25. The average molecular weight is 618 g/mol. The van der Waals surface area contributed by atoms with Crippen molar-refractivity contribution in [1.82, 2.24) is 4.90 Å². The zero-order valence-corrected chi connectivity index (χ0v) is 23.1. The number of amidine groups is 1. The molecule has 3 amide bonds. The van der Waals surface area contributed by atoms with Gasteiger partial charge in [-0.15, -0.1) is 0 Å². The van der Waals surface area contributed by atoms with Gasteiger partial charge in [0.1, 0.15) is 12.5 Å². The number of halogens is 6. The number of nitrogens with zero attached hydrogens (tertiary/aromatic N) is 3. The molecule has 2 aromatic rings. The maximum absolute atomic E-state index is 13.3. The Labute approximate surface area is 231 Å².